The van der Waals surface area contributed by atoms with E-state index in [1.165, 1.54) is 122 Å². The van der Waals surface area contributed by atoms with E-state index in [0.717, 1.165) is 57.8 Å². The zero-order valence-corrected chi connectivity index (χ0v) is 39.1. The van der Waals surface area contributed by atoms with Crippen LogP contribution in [0.5, 0.6) is 0 Å². The molecule has 1 rings (SSSR count). The molecule has 4 N–H and O–H groups in total. The fourth-order valence-corrected chi connectivity index (χ4v) is 7.60. The average molecular weight is 879 g/mol. The van der Waals surface area contributed by atoms with Crippen molar-refractivity contribution in [2.24, 2.45) is 0 Å². The van der Waals surface area contributed by atoms with E-state index in [4.69, 9.17) is 18.9 Å². The van der Waals surface area contributed by atoms with Gasteiger partial charge in [0.15, 0.2) is 18.5 Å². The highest BCUT2D eigenvalue weighted by atomic mass is 16.7. The molecule has 0 aromatic heterocycles. The van der Waals surface area contributed by atoms with Crippen LogP contribution in [0.4, 0.5) is 0 Å². The van der Waals surface area contributed by atoms with Crippen molar-refractivity contribution in [2.45, 2.75) is 256 Å². The third kappa shape index (κ3) is 32.1. The van der Waals surface area contributed by atoms with Gasteiger partial charge in [0.2, 0.25) is 0 Å². The summed E-state index contributed by atoms with van der Waals surface area (Å²) in [6.07, 6.45) is 39.3. The zero-order chi connectivity index (χ0) is 45.3. The fourth-order valence-electron chi connectivity index (χ4n) is 7.60. The smallest absolute Gasteiger partial charge is 0.335 e. The topological polar surface area (TPSA) is 169 Å². The number of ether oxygens (including phenoxy) is 4. The van der Waals surface area contributed by atoms with Crippen molar-refractivity contribution in [1.29, 1.82) is 0 Å². The van der Waals surface area contributed by atoms with Crippen LogP contribution < -0.4 is 0 Å². The molecular weight excluding hydrogens is 789 g/mol. The molecule has 11 heteroatoms. The number of aliphatic carboxylic acids is 1. The number of carboxylic acid groups (broad SMARTS) is 1. The van der Waals surface area contributed by atoms with Crippen molar-refractivity contribution < 1.29 is 53.8 Å². The Morgan fingerprint density at radius 1 is 0.516 bits per heavy atom. The van der Waals surface area contributed by atoms with Crippen LogP contribution in [0.25, 0.3) is 0 Å². The second-order valence-corrected chi connectivity index (χ2v) is 17.3. The Hall–Kier alpha value is -2.57. The first kappa shape index (κ1) is 57.4. The van der Waals surface area contributed by atoms with Crippen molar-refractivity contribution in [3.05, 3.63) is 36.5 Å². The molecule has 1 aliphatic rings. The molecule has 1 aliphatic heterocycles. The fraction of sp³-hybridized carbons (Fsp3) is 0.824. The number of rotatable bonds is 42. The number of esters is 2. The molecule has 11 nitrogen and oxygen atoms in total. The van der Waals surface area contributed by atoms with E-state index in [1.807, 2.05) is 0 Å². The van der Waals surface area contributed by atoms with Gasteiger partial charge in [-0.3, -0.25) is 9.59 Å². The Morgan fingerprint density at radius 3 is 1.44 bits per heavy atom. The monoisotopic (exact) mass is 879 g/mol. The van der Waals surface area contributed by atoms with Gasteiger partial charge in [0.1, 0.15) is 24.9 Å². The number of carbonyl (C=O) groups is 3. The lowest BCUT2D eigenvalue weighted by atomic mass is 9.99. The van der Waals surface area contributed by atoms with Gasteiger partial charge in [-0.2, -0.15) is 0 Å². The predicted octanol–water partition coefficient (Wildman–Crippen LogP) is 11.5. The number of aliphatic hydroxyl groups excluding tert-OH is 3. The molecule has 1 fully saturated rings. The molecule has 0 radical (unpaired) electrons. The maximum Gasteiger partial charge on any atom is 0.335 e. The number of aliphatic hydroxyl groups is 3. The zero-order valence-electron chi connectivity index (χ0n) is 39.1. The number of hydrogen-bond donors (Lipinski definition) is 4. The first-order chi connectivity index (χ1) is 30.2. The Morgan fingerprint density at radius 2 is 0.952 bits per heavy atom. The minimum absolute atomic E-state index is 0.180. The summed E-state index contributed by atoms with van der Waals surface area (Å²) in [5.74, 6) is -2.47. The summed E-state index contributed by atoms with van der Waals surface area (Å²) in [5.41, 5.74) is 0. The van der Waals surface area contributed by atoms with Gasteiger partial charge in [-0.05, 0) is 44.9 Å². The Labute approximate surface area is 376 Å². The van der Waals surface area contributed by atoms with Crippen molar-refractivity contribution in [1.82, 2.24) is 0 Å². The first-order valence-electron chi connectivity index (χ1n) is 25.0. The molecule has 1 saturated heterocycles. The average Bonchev–Trinajstić information content (AvgIpc) is 3.26. The molecule has 0 aliphatic carbocycles. The van der Waals surface area contributed by atoms with Gasteiger partial charge in [-0.15, -0.1) is 0 Å². The van der Waals surface area contributed by atoms with Crippen molar-refractivity contribution in [3.8, 4) is 0 Å². The minimum Gasteiger partial charge on any atom is -0.479 e. The summed E-state index contributed by atoms with van der Waals surface area (Å²) < 4.78 is 21.8. The molecule has 6 atom stereocenters. The van der Waals surface area contributed by atoms with Gasteiger partial charge in [0, 0.05) is 12.8 Å². The second kappa shape index (κ2) is 41.2. The molecule has 62 heavy (non-hydrogen) atoms. The summed E-state index contributed by atoms with van der Waals surface area (Å²) >= 11 is 0. The number of carboxylic acids is 1. The number of carbonyl (C=O) groups excluding carboxylic acids is 2. The quantitative estimate of drug-likeness (QED) is 0.0261. The number of allylic oxidation sites excluding steroid dienone is 6. The van der Waals surface area contributed by atoms with E-state index in [2.05, 4.69) is 50.3 Å². The van der Waals surface area contributed by atoms with Crippen LogP contribution in [-0.2, 0) is 33.3 Å². The molecule has 0 aromatic rings. The van der Waals surface area contributed by atoms with Gasteiger partial charge >= 0.3 is 17.9 Å². The lowest BCUT2D eigenvalue weighted by Crippen LogP contribution is -2.60. The van der Waals surface area contributed by atoms with Crippen molar-refractivity contribution in [2.75, 3.05) is 13.2 Å². The van der Waals surface area contributed by atoms with E-state index < -0.39 is 61.3 Å². The standard InChI is InChI=1S/C51H90O11/c1-3-5-7-9-11-13-15-17-18-19-20-21-22-23-24-25-26-28-30-32-34-36-38-40-45(53)61-43(42-60-51-48(56)46(54)47(55)49(62-51)50(57)58)41-59-44(52)39-37-35-33-31-29-27-16-14-12-10-8-6-4-2/h6,8,12,14,27,29,43,46-49,51,54-56H,3-5,7,9-11,13,15-26,28,30-42H2,1-2H3,(H,57,58)/b8-6-,14-12-,29-27-. The molecule has 0 spiro atoms. The largest absolute Gasteiger partial charge is 0.479 e. The predicted molar refractivity (Wildman–Crippen MR) is 248 cm³/mol. The Bertz CT molecular complexity index is 1170. The lowest BCUT2D eigenvalue weighted by molar-refractivity contribution is -0.298. The van der Waals surface area contributed by atoms with E-state index in [0.29, 0.717) is 12.8 Å². The Balaban J connectivity index is 2.27. The van der Waals surface area contributed by atoms with Crippen LogP contribution in [0.15, 0.2) is 36.5 Å². The van der Waals surface area contributed by atoms with E-state index in [9.17, 15) is 34.8 Å². The molecule has 1 heterocycles. The number of unbranched alkanes of at least 4 members (excludes halogenated alkanes) is 25. The van der Waals surface area contributed by atoms with Crippen LogP contribution >= 0.6 is 0 Å². The Kier molecular flexibility index (Phi) is 38.1. The summed E-state index contributed by atoms with van der Waals surface area (Å²) in [7, 11) is 0. The van der Waals surface area contributed by atoms with Crippen molar-refractivity contribution in [3.63, 3.8) is 0 Å². The van der Waals surface area contributed by atoms with Gasteiger partial charge in [0.05, 0.1) is 6.61 Å². The summed E-state index contributed by atoms with van der Waals surface area (Å²) in [5, 5.41) is 39.9. The molecular formula is C51H90O11. The second-order valence-electron chi connectivity index (χ2n) is 17.3. The minimum atomic E-state index is -1.86. The first-order valence-corrected chi connectivity index (χ1v) is 25.0. The van der Waals surface area contributed by atoms with Crippen LogP contribution in [0.1, 0.15) is 219 Å². The molecule has 0 saturated carbocycles. The highest BCUT2D eigenvalue weighted by Crippen LogP contribution is 2.23. The van der Waals surface area contributed by atoms with Gasteiger partial charge < -0.3 is 39.4 Å². The SMILES string of the molecule is CC/C=C\C/C=C\C/C=C\CCCCCC(=O)OCC(COC1OC(C(=O)O)C(O)C(O)C1O)OC(=O)CCCCCCCCCCCCCCCCCCCCCCCCC. The molecule has 0 bridgehead atoms. The van der Waals surface area contributed by atoms with Crippen molar-refractivity contribution >= 4 is 17.9 Å². The van der Waals surface area contributed by atoms with E-state index in [1.54, 1.807) is 0 Å². The lowest BCUT2D eigenvalue weighted by Gasteiger charge is -2.38. The van der Waals surface area contributed by atoms with Gasteiger partial charge in [0.25, 0.3) is 0 Å². The highest BCUT2D eigenvalue weighted by molar-refractivity contribution is 5.73. The summed E-state index contributed by atoms with van der Waals surface area (Å²) in [4.78, 5) is 36.9. The molecule has 6 unspecified atom stereocenters. The van der Waals surface area contributed by atoms with Gasteiger partial charge in [-0.25, -0.2) is 4.79 Å². The van der Waals surface area contributed by atoms with Crippen LogP contribution in [-0.4, -0.2) is 88.4 Å². The van der Waals surface area contributed by atoms with Crippen LogP contribution in [0, 0.1) is 0 Å². The summed E-state index contributed by atoms with van der Waals surface area (Å²) in [6, 6.07) is 0. The third-order valence-electron chi connectivity index (χ3n) is 11.5. The van der Waals surface area contributed by atoms with E-state index in [-0.39, 0.29) is 19.4 Å². The molecule has 0 amide bonds. The third-order valence-corrected chi connectivity index (χ3v) is 11.5. The number of hydrogen-bond acceptors (Lipinski definition) is 10. The normalized spacial score (nSPS) is 19.8. The molecule has 360 valence electrons. The van der Waals surface area contributed by atoms with Gasteiger partial charge in [-0.1, -0.05) is 198 Å². The maximum absolute atomic E-state index is 12.8. The maximum atomic E-state index is 12.8. The summed E-state index contributed by atoms with van der Waals surface area (Å²) in [6.45, 7) is 3.70. The highest BCUT2D eigenvalue weighted by Gasteiger charge is 2.47. The molecule has 0 aromatic carbocycles. The van der Waals surface area contributed by atoms with Crippen LogP contribution in [0.2, 0.25) is 0 Å². The van der Waals surface area contributed by atoms with E-state index >= 15 is 0 Å². The van der Waals surface area contributed by atoms with Crippen LogP contribution in [0.3, 0.4) is 0 Å².